The summed E-state index contributed by atoms with van der Waals surface area (Å²) in [6.07, 6.45) is 0. The number of carbonyl (C=O) groups excluding carboxylic acids is 1. The molecule has 0 heterocycles. The van der Waals surface area contributed by atoms with Gasteiger partial charge in [-0.1, -0.05) is 0 Å². The van der Waals surface area contributed by atoms with Crippen LogP contribution in [0.15, 0.2) is 18.2 Å². The molecule has 0 unspecified atom stereocenters. The highest BCUT2D eigenvalue weighted by atomic mass is 16.5. The number of hydrogen-bond acceptors (Lipinski definition) is 4. The van der Waals surface area contributed by atoms with Crippen LogP contribution in [0.2, 0.25) is 0 Å². The van der Waals surface area contributed by atoms with Gasteiger partial charge in [-0.2, -0.15) is 0 Å². The van der Waals surface area contributed by atoms with Crippen LogP contribution in [0, 0.1) is 0 Å². The lowest BCUT2D eigenvalue weighted by Gasteiger charge is -2.09. The van der Waals surface area contributed by atoms with Crippen molar-refractivity contribution in [1.29, 1.82) is 0 Å². The molecular weight excluding hydrogens is 196 g/mol. The van der Waals surface area contributed by atoms with Gasteiger partial charge >= 0.3 is 5.97 Å². The van der Waals surface area contributed by atoms with Gasteiger partial charge in [0.05, 0.1) is 26.4 Å². The third-order valence-electron chi connectivity index (χ3n) is 1.88. The van der Waals surface area contributed by atoms with E-state index in [1.165, 1.54) is 7.11 Å². The molecule has 1 rings (SSSR count). The molecule has 0 spiro atoms. The zero-order valence-corrected chi connectivity index (χ0v) is 9.07. The average molecular weight is 210 g/mol. The van der Waals surface area contributed by atoms with Gasteiger partial charge in [0.15, 0.2) is 11.5 Å². The highest BCUT2D eigenvalue weighted by Crippen LogP contribution is 2.28. The van der Waals surface area contributed by atoms with Crippen molar-refractivity contribution in [2.75, 3.05) is 20.8 Å². The van der Waals surface area contributed by atoms with Crippen molar-refractivity contribution in [3.8, 4) is 11.5 Å². The molecule has 15 heavy (non-hydrogen) atoms. The molecule has 0 aliphatic carbocycles. The molecule has 0 aliphatic heterocycles. The smallest absolute Gasteiger partial charge is 0.337 e. The molecule has 4 nitrogen and oxygen atoms in total. The number of rotatable bonds is 4. The summed E-state index contributed by atoms with van der Waals surface area (Å²) in [5, 5.41) is 0. The molecule has 1 aromatic carbocycles. The largest absolute Gasteiger partial charge is 0.493 e. The third-order valence-corrected chi connectivity index (χ3v) is 1.88. The fraction of sp³-hybridized carbons (Fsp3) is 0.364. The van der Waals surface area contributed by atoms with E-state index in [2.05, 4.69) is 4.74 Å². The first-order valence-corrected chi connectivity index (χ1v) is 4.62. The molecule has 4 heteroatoms. The van der Waals surface area contributed by atoms with Crippen molar-refractivity contribution < 1.29 is 19.0 Å². The lowest BCUT2D eigenvalue weighted by Crippen LogP contribution is -2.03. The molecule has 1 aromatic rings. The normalized spacial score (nSPS) is 9.53. The number of hydrogen-bond donors (Lipinski definition) is 0. The Hall–Kier alpha value is -1.71. The molecule has 0 N–H and O–H groups in total. The second-order valence-corrected chi connectivity index (χ2v) is 2.79. The average Bonchev–Trinajstić information content (AvgIpc) is 2.28. The first-order valence-electron chi connectivity index (χ1n) is 4.62. The van der Waals surface area contributed by atoms with Crippen LogP contribution < -0.4 is 9.47 Å². The van der Waals surface area contributed by atoms with Crippen molar-refractivity contribution in [2.24, 2.45) is 0 Å². The van der Waals surface area contributed by atoms with Crippen molar-refractivity contribution in [3.05, 3.63) is 23.8 Å². The summed E-state index contributed by atoms with van der Waals surface area (Å²) >= 11 is 0. The summed E-state index contributed by atoms with van der Waals surface area (Å²) < 4.78 is 15.0. The number of methoxy groups -OCH3 is 2. The minimum atomic E-state index is -0.390. The maximum atomic E-state index is 11.3. The Labute approximate surface area is 88.8 Å². The molecule has 0 bridgehead atoms. The van der Waals surface area contributed by atoms with Crippen molar-refractivity contribution in [1.82, 2.24) is 0 Å². The van der Waals surface area contributed by atoms with Crippen LogP contribution in [-0.4, -0.2) is 26.8 Å². The Morgan fingerprint density at radius 2 is 2.00 bits per heavy atom. The van der Waals surface area contributed by atoms with Gasteiger partial charge in [0.2, 0.25) is 0 Å². The van der Waals surface area contributed by atoms with Gasteiger partial charge in [0.25, 0.3) is 0 Å². The Morgan fingerprint density at radius 3 is 2.53 bits per heavy atom. The molecule has 0 saturated heterocycles. The number of ether oxygens (including phenoxy) is 3. The second kappa shape index (κ2) is 5.24. The zero-order chi connectivity index (χ0) is 11.3. The molecular formula is C11H14O4. The van der Waals surface area contributed by atoms with E-state index in [1.54, 1.807) is 25.3 Å². The highest BCUT2D eigenvalue weighted by molar-refractivity contribution is 5.90. The summed E-state index contributed by atoms with van der Waals surface area (Å²) in [4.78, 5) is 11.3. The quantitative estimate of drug-likeness (QED) is 0.712. The van der Waals surface area contributed by atoms with Crippen LogP contribution in [0.1, 0.15) is 17.3 Å². The van der Waals surface area contributed by atoms with Crippen molar-refractivity contribution in [3.63, 3.8) is 0 Å². The van der Waals surface area contributed by atoms with Crippen LogP contribution in [0.25, 0.3) is 0 Å². The summed E-state index contributed by atoms with van der Waals surface area (Å²) in [7, 11) is 2.89. The fourth-order valence-electron chi connectivity index (χ4n) is 1.19. The number of esters is 1. The van der Waals surface area contributed by atoms with Gasteiger partial charge in [-0.25, -0.2) is 4.79 Å². The van der Waals surface area contributed by atoms with E-state index in [-0.39, 0.29) is 0 Å². The number of benzene rings is 1. The van der Waals surface area contributed by atoms with Crippen molar-refractivity contribution in [2.45, 2.75) is 6.92 Å². The highest BCUT2D eigenvalue weighted by Gasteiger charge is 2.10. The zero-order valence-electron chi connectivity index (χ0n) is 9.07. The Kier molecular flexibility index (Phi) is 3.97. The van der Waals surface area contributed by atoms with Crippen LogP contribution in [0.5, 0.6) is 11.5 Å². The summed E-state index contributed by atoms with van der Waals surface area (Å²) in [5.41, 5.74) is 0.446. The Bertz CT molecular complexity index is 346. The molecule has 0 saturated carbocycles. The Morgan fingerprint density at radius 1 is 1.27 bits per heavy atom. The van der Waals surface area contributed by atoms with Gasteiger partial charge < -0.3 is 14.2 Å². The van der Waals surface area contributed by atoms with Gasteiger partial charge in [-0.05, 0) is 25.1 Å². The van der Waals surface area contributed by atoms with Crippen LogP contribution in [0.4, 0.5) is 0 Å². The second-order valence-electron chi connectivity index (χ2n) is 2.79. The number of carbonyl (C=O) groups is 1. The lowest BCUT2D eigenvalue weighted by molar-refractivity contribution is 0.0600. The van der Waals surface area contributed by atoms with Gasteiger partial charge in [-0.3, -0.25) is 0 Å². The molecule has 0 aromatic heterocycles. The maximum absolute atomic E-state index is 11.3. The first-order chi connectivity index (χ1) is 7.22. The van der Waals surface area contributed by atoms with E-state index in [9.17, 15) is 4.79 Å². The maximum Gasteiger partial charge on any atom is 0.337 e. The van der Waals surface area contributed by atoms with E-state index in [0.717, 1.165) is 0 Å². The molecule has 0 atom stereocenters. The van der Waals surface area contributed by atoms with E-state index >= 15 is 0 Å². The predicted molar refractivity (Wildman–Crippen MR) is 55.5 cm³/mol. The third kappa shape index (κ3) is 2.62. The molecule has 0 amide bonds. The predicted octanol–water partition coefficient (Wildman–Crippen LogP) is 1.88. The van der Waals surface area contributed by atoms with E-state index < -0.39 is 5.97 Å². The van der Waals surface area contributed by atoms with Gasteiger partial charge in [0, 0.05) is 0 Å². The van der Waals surface area contributed by atoms with Gasteiger partial charge in [-0.15, -0.1) is 0 Å². The van der Waals surface area contributed by atoms with E-state index in [4.69, 9.17) is 9.47 Å². The monoisotopic (exact) mass is 210 g/mol. The van der Waals surface area contributed by atoms with E-state index in [1.807, 2.05) is 6.92 Å². The van der Waals surface area contributed by atoms with Crippen LogP contribution >= 0.6 is 0 Å². The van der Waals surface area contributed by atoms with Crippen LogP contribution in [-0.2, 0) is 4.74 Å². The minimum Gasteiger partial charge on any atom is -0.493 e. The van der Waals surface area contributed by atoms with Crippen molar-refractivity contribution >= 4 is 5.97 Å². The Balaban J connectivity index is 3.04. The molecule has 0 aliphatic rings. The molecule has 82 valence electrons. The SMILES string of the molecule is CCOc1cc(C(=O)OC)ccc1OC. The summed E-state index contributed by atoms with van der Waals surface area (Å²) in [5.74, 6) is 0.756. The minimum absolute atomic E-state index is 0.390. The topological polar surface area (TPSA) is 44.8 Å². The van der Waals surface area contributed by atoms with E-state index in [0.29, 0.717) is 23.7 Å². The van der Waals surface area contributed by atoms with Gasteiger partial charge in [0.1, 0.15) is 0 Å². The summed E-state index contributed by atoms with van der Waals surface area (Å²) in [6.45, 7) is 2.38. The first kappa shape index (κ1) is 11.4. The fourth-order valence-corrected chi connectivity index (χ4v) is 1.19. The standard InChI is InChI=1S/C11H14O4/c1-4-15-10-7-8(11(12)14-3)5-6-9(10)13-2/h5-7H,4H2,1-3H3. The molecule has 0 radical (unpaired) electrons. The summed E-state index contributed by atoms with van der Waals surface area (Å²) in [6, 6.07) is 4.92. The van der Waals surface area contributed by atoms with Crippen LogP contribution in [0.3, 0.4) is 0 Å². The lowest BCUT2D eigenvalue weighted by atomic mass is 10.2. The molecule has 0 fully saturated rings.